The Morgan fingerprint density at radius 1 is 1.43 bits per heavy atom. The molecule has 1 aromatic carbocycles. The highest BCUT2D eigenvalue weighted by Gasteiger charge is 2.27. The second-order valence-electron chi connectivity index (χ2n) is 6.24. The zero-order valence-electron chi connectivity index (χ0n) is 13.2. The van der Waals surface area contributed by atoms with E-state index in [4.69, 9.17) is 4.74 Å². The molecule has 2 atom stereocenters. The fourth-order valence-corrected chi connectivity index (χ4v) is 2.56. The number of ether oxygens (including phenoxy) is 1. The molecule has 1 aliphatic rings. The van der Waals surface area contributed by atoms with Gasteiger partial charge in [0.05, 0.1) is 18.3 Å². The van der Waals surface area contributed by atoms with Gasteiger partial charge in [-0.3, -0.25) is 4.79 Å². The summed E-state index contributed by atoms with van der Waals surface area (Å²) in [5.41, 5.74) is 0.753. The molecule has 4 heteroatoms. The number of hydrogen-bond acceptors (Lipinski definition) is 3. The lowest BCUT2D eigenvalue weighted by Crippen LogP contribution is -2.48. The van der Waals surface area contributed by atoms with Crippen LogP contribution in [0.1, 0.15) is 33.6 Å². The van der Waals surface area contributed by atoms with Crippen molar-refractivity contribution in [1.82, 2.24) is 5.32 Å². The van der Waals surface area contributed by atoms with Crippen LogP contribution in [0, 0.1) is 11.8 Å². The molecule has 116 valence electrons. The summed E-state index contributed by atoms with van der Waals surface area (Å²) in [7, 11) is 0. The van der Waals surface area contributed by atoms with E-state index in [0.717, 1.165) is 30.8 Å². The summed E-state index contributed by atoms with van der Waals surface area (Å²) in [6.45, 7) is 7.89. The maximum atomic E-state index is 12.4. The van der Waals surface area contributed by atoms with Gasteiger partial charge in [-0.25, -0.2) is 0 Å². The topological polar surface area (TPSA) is 50.4 Å². The quantitative estimate of drug-likeness (QED) is 0.876. The number of para-hydroxylation sites is 2. The fraction of sp³-hybridized carbons (Fsp3) is 0.588. The second kappa shape index (κ2) is 7.46. The van der Waals surface area contributed by atoms with Gasteiger partial charge in [0.2, 0.25) is 5.91 Å². The van der Waals surface area contributed by atoms with Crippen LogP contribution in [0.25, 0.3) is 0 Å². The van der Waals surface area contributed by atoms with Crippen molar-refractivity contribution in [1.29, 1.82) is 0 Å². The van der Waals surface area contributed by atoms with Crippen LogP contribution in [-0.2, 0) is 4.79 Å². The Labute approximate surface area is 127 Å². The molecule has 2 N–H and O–H groups in total. The predicted octanol–water partition coefficient (Wildman–Crippen LogP) is 3.05. The molecule has 2 unspecified atom stereocenters. The molecule has 1 heterocycles. The van der Waals surface area contributed by atoms with E-state index >= 15 is 0 Å². The van der Waals surface area contributed by atoms with Crippen molar-refractivity contribution in [3.8, 4) is 5.75 Å². The Kier molecular flexibility index (Phi) is 5.62. The molecule has 1 aromatic rings. The van der Waals surface area contributed by atoms with E-state index in [9.17, 15) is 4.79 Å². The number of carbonyl (C=O) groups excluding carboxylic acids is 1. The monoisotopic (exact) mass is 290 g/mol. The van der Waals surface area contributed by atoms with Gasteiger partial charge in [0.25, 0.3) is 0 Å². The zero-order chi connectivity index (χ0) is 15.2. The third-order valence-corrected chi connectivity index (χ3v) is 3.77. The third-order valence-electron chi connectivity index (χ3n) is 3.77. The van der Waals surface area contributed by atoms with Gasteiger partial charge in [-0.05, 0) is 43.4 Å². The van der Waals surface area contributed by atoms with Crippen molar-refractivity contribution in [3.63, 3.8) is 0 Å². The number of rotatable bonds is 5. The van der Waals surface area contributed by atoms with Gasteiger partial charge in [-0.15, -0.1) is 0 Å². The number of hydrogen-bond donors (Lipinski definition) is 2. The highest BCUT2D eigenvalue weighted by atomic mass is 16.5. The maximum Gasteiger partial charge on any atom is 0.241 e. The van der Waals surface area contributed by atoms with Gasteiger partial charge in [-0.1, -0.05) is 32.9 Å². The predicted molar refractivity (Wildman–Crippen MR) is 85.6 cm³/mol. The second-order valence-corrected chi connectivity index (χ2v) is 6.24. The number of carbonyl (C=O) groups is 1. The normalized spacial score (nSPS) is 22.1. The van der Waals surface area contributed by atoms with Crippen molar-refractivity contribution in [2.45, 2.75) is 39.7 Å². The lowest BCUT2D eigenvalue weighted by atomic mass is 9.92. The van der Waals surface area contributed by atoms with Crippen LogP contribution in [-0.4, -0.2) is 25.1 Å². The third kappa shape index (κ3) is 4.46. The molecule has 1 aliphatic heterocycles. The summed E-state index contributed by atoms with van der Waals surface area (Å²) in [6, 6.07) is 7.51. The van der Waals surface area contributed by atoms with E-state index in [-0.39, 0.29) is 11.9 Å². The van der Waals surface area contributed by atoms with Crippen molar-refractivity contribution in [3.05, 3.63) is 24.3 Å². The molecule has 0 bridgehead atoms. The standard InChI is InChI=1S/C17H26N2O2/c1-12(2)11-21-15-9-5-4-8-14(15)19-17(20)16-13(3)7-6-10-18-16/h4-5,8-9,12-13,16,18H,6-7,10-11H2,1-3H3,(H,19,20). The molecular formula is C17H26N2O2. The lowest BCUT2D eigenvalue weighted by Gasteiger charge is -2.29. The number of amides is 1. The molecule has 1 saturated heterocycles. The Morgan fingerprint density at radius 2 is 2.19 bits per heavy atom. The SMILES string of the molecule is CC(C)COc1ccccc1NC(=O)C1NCCCC1C. The van der Waals surface area contributed by atoms with Crippen molar-refractivity contribution < 1.29 is 9.53 Å². The average Bonchev–Trinajstić information content (AvgIpc) is 2.46. The molecule has 0 radical (unpaired) electrons. The van der Waals surface area contributed by atoms with Crippen LogP contribution < -0.4 is 15.4 Å². The minimum absolute atomic E-state index is 0.0304. The average molecular weight is 290 g/mol. The molecule has 1 amide bonds. The summed E-state index contributed by atoms with van der Waals surface area (Å²) < 4.78 is 5.78. The van der Waals surface area contributed by atoms with Gasteiger partial charge >= 0.3 is 0 Å². The van der Waals surface area contributed by atoms with Gasteiger partial charge < -0.3 is 15.4 Å². The number of anilines is 1. The van der Waals surface area contributed by atoms with Crippen LogP contribution in [0.15, 0.2) is 24.3 Å². The summed E-state index contributed by atoms with van der Waals surface area (Å²) in [5, 5.41) is 6.31. The van der Waals surface area contributed by atoms with Crippen LogP contribution in [0.4, 0.5) is 5.69 Å². The van der Waals surface area contributed by atoms with Crippen LogP contribution in [0.5, 0.6) is 5.75 Å². The summed E-state index contributed by atoms with van der Waals surface area (Å²) in [5.74, 6) is 1.59. The summed E-state index contributed by atoms with van der Waals surface area (Å²) in [4.78, 5) is 12.4. The lowest BCUT2D eigenvalue weighted by molar-refractivity contribution is -0.119. The van der Waals surface area contributed by atoms with E-state index in [2.05, 4.69) is 31.4 Å². The largest absolute Gasteiger partial charge is 0.491 e. The van der Waals surface area contributed by atoms with Crippen molar-refractivity contribution >= 4 is 11.6 Å². The molecule has 21 heavy (non-hydrogen) atoms. The molecule has 0 spiro atoms. The van der Waals surface area contributed by atoms with Crippen molar-refractivity contribution in [2.24, 2.45) is 11.8 Å². The van der Waals surface area contributed by atoms with E-state index < -0.39 is 0 Å². The molecule has 0 aliphatic carbocycles. The first-order valence-corrected chi connectivity index (χ1v) is 7.84. The van der Waals surface area contributed by atoms with Crippen molar-refractivity contribution in [2.75, 3.05) is 18.5 Å². The fourth-order valence-electron chi connectivity index (χ4n) is 2.56. The molecule has 4 nitrogen and oxygen atoms in total. The van der Waals surface area contributed by atoms with Gasteiger partial charge in [0, 0.05) is 0 Å². The Hall–Kier alpha value is -1.55. The zero-order valence-corrected chi connectivity index (χ0v) is 13.2. The molecular weight excluding hydrogens is 264 g/mol. The molecule has 2 rings (SSSR count). The van der Waals surface area contributed by atoms with Gasteiger partial charge in [0.15, 0.2) is 0 Å². The first kappa shape index (κ1) is 15.8. The van der Waals surface area contributed by atoms with Gasteiger partial charge in [-0.2, -0.15) is 0 Å². The highest BCUT2D eigenvalue weighted by Crippen LogP contribution is 2.25. The minimum Gasteiger partial charge on any atom is -0.491 e. The maximum absolute atomic E-state index is 12.4. The van der Waals surface area contributed by atoms with E-state index in [0.29, 0.717) is 18.4 Å². The minimum atomic E-state index is -0.114. The van der Waals surface area contributed by atoms with Crippen LogP contribution >= 0.6 is 0 Å². The summed E-state index contributed by atoms with van der Waals surface area (Å²) >= 11 is 0. The van der Waals surface area contributed by atoms with Crippen LogP contribution in [0.3, 0.4) is 0 Å². The molecule has 1 fully saturated rings. The number of piperidine rings is 1. The molecule has 0 saturated carbocycles. The first-order chi connectivity index (χ1) is 10.1. The Balaban J connectivity index is 2.02. The Bertz CT molecular complexity index is 474. The van der Waals surface area contributed by atoms with Crippen LogP contribution in [0.2, 0.25) is 0 Å². The number of nitrogens with one attached hydrogen (secondary N) is 2. The van der Waals surface area contributed by atoms with E-state index in [1.807, 2.05) is 24.3 Å². The summed E-state index contributed by atoms with van der Waals surface area (Å²) in [6.07, 6.45) is 2.23. The number of benzene rings is 1. The highest BCUT2D eigenvalue weighted by molar-refractivity contribution is 5.96. The van der Waals surface area contributed by atoms with E-state index in [1.54, 1.807) is 0 Å². The molecule has 0 aromatic heterocycles. The Morgan fingerprint density at radius 3 is 2.90 bits per heavy atom. The smallest absolute Gasteiger partial charge is 0.241 e. The van der Waals surface area contributed by atoms with E-state index in [1.165, 1.54) is 0 Å². The van der Waals surface area contributed by atoms with Gasteiger partial charge in [0.1, 0.15) is 5.75 Å². The first-order valence-electron chi connectivity index (χ1n) is 7.84.